The van der Waals surface area contributed by atoms with Gasteiger partial charge >= 0.3 is 0 Å². The molecular weight excluding hydrogens is 257 g/mol. The van der Waals surface area contributed by atoms with Crippen LogP contribution in [0.3, 0.4) is 0 Å². The van der Waals surface area contributed by atoms with Crippen molar-refractivity contribution in [2.75, 3.05) is 14.2 Å². The molecule has 1 heterocycles. The number of aryl methyl sites for hydroxylation is 1. The first-order valence-corrected chi connectivity index (χ1v) is 6.44. The Balaban J connectivity index is 2.21. The molecule has 1 atom stereocenters. The molecule has 0 saturated heterocycles. The van der Waals surface area contributed by atoms with Gasteiger partial charge in [-0.2, -0.15) is 5.10 Å². The molecule has 0 aliphatic rings. The Morgan fingerprint density at radius 1 is 1.25 bits per heavy atom. The number of rotatable bonds is 5. The fourth-order valence-corrected chi connectivity index (χ4v) is 2.06. The number of ether oxygens (including phenoxy) is 1. The molecule has 2 aromatic rings. The number of likely N-dealkylation sites (N-methyl/N-ethyl adjacent to an activating group) is 1. The molecule has 1 N–H and O–H groups in total. The van der Waals surface area contributed by atoms with E-state index in [-0.39, 0.29) is 11.9 Å². The van der Waals surface area contributed by atoms with Gasteiger partial charge in [-0.05, 0) is 49.7 Å². The lowest BCUT2D eigenvalue weighted by molar-refractivity contribution is 0.389. The lowest BCUT2D eigenvalue weighted by Gasteiger charge is -2.16. The number of aromatic nitrogens is 2. The maximum absolute atomic E-state index is 13.3. The van der Waals surface area contributed by atoms with Crippen molar-refractivity contribution < 1.29 is 9.13 Å². The second-order valence-electron chi connectivity index (χ2n) is 4.62. The smallest absolute Gasteiger partial charge is 0.233 e. The Hall–Kier alpha value is -2.01. The summed E-state index contributed by atoms with van der Waals surface area (Å²) in [5, 5.41) is 11.3. The van der Waals surface area contributed by atoms with Gasteiger partial charge in [-0.15, -0.1) is 5.10 Å². The first-order valence-electron chi connectivity index (χ1n) is 6.44. The standard InChI is InChI=1S/C15H18FN3O/c1-10-4-5-12(16)8-11(10)9-14(17-2)13-6-7-15(20-3)19-18-13/h4-8,14,17H,9H2,1-3H3. The second-order valence-corrected chi connectivity index (χ2v) is 4.62. The summed E-state index contributed by atoms with van der Waals surface area (Å²) in [6, 6.07) is 8.44. The van der Waals surface area contributed by atoms with Crippen LogP contribution in [0, 0.1) is 12.7 Å². The molecule has 4 nitrogen and oxygen atoms in total. The summed E-state index contributed by atoms with van der Waals surface area (Å²) >= 11 is 0. The Labute approximate surface area is 118 Å². The number of benzene rings is 1. The van der Waals surface area contributed by atoms with Gasteiger partial charge in [0.15, 0.2) is 0 Å². The first-order chi connectivity index (χ1) is 9.63. The highest BCUT2D eigenvalue weighted by Gasteiger charge is 2.14. The van der Waals surface area contributed by atoms with Gasteiger partial charge in [-0.25, -0.2) is 4.39 Å². The molecule has 20 heavy (non-hydrogen) atoms. The van der Waals surface area contributed by atoms with Crippen LogP contribution in [0.25, 0.3) is 0 Å². The lowest BCUT2D eigenvalue weighted by Crippen LogP contribution is -2.21. The van der Waals surface area contributed by atoms with E-state index in [0.717, 1.165) is 16.8 Å². The third-order valence-corrected chi connectivity index (χ3v) is 3.31. The summed E-state index contributed by atoms with van der Waals surface area (Å²) < 4.78 is 18.3. The minimum absolute atomic E-state index is 0.0195. The predicted octanol–water partition coefficient (Wildman–Crippen LogP) is 2.44. The quantitative estimate of drug-likeness (QED) is 0.910. The van der Waals surface area contributed by atoms with Crippen LogP contribution in [-0.2, 0) is 6.42 Å². The van der Waals surface area contributed by atoms with Crippen LogP contribution in [-0.4, -0.2) is 24.4 Å². The molecule has 0 spiro atoms. The molecule has 5 heteroatoms. The molecule has 2 rings (SSSR count). The number of methoxy groups -OCH3 is 1. The van der Waals surface area contributed by atoms with Gasteiger partial charge in [0, 0.05) is 6.07 Å². The lowest BCUT2D eigenvalue weighted by atomic mass is 9.99. The maximum atomic E-state index is 13.3. The molecule has 0 radical (unpaired) electrons. The van der Waals surface area contributed by atoms with Gasteiger partial charge in [0.1, 0.15) is 5.82 Å². The summed E-state index contributed by atoms with van der Waals surface area (Å²) in [5.74, 6) is 0.256. The minimum Gasteiger partial charge on any atom is -0.480 e. The van der Waals surface area contributed by atoms with E-state index in [1.165, 1.54) is 6.07 Å². The van der Waals surface area contributed by atoms with Crippen molar-refractivity contribution >= 4 is 0 Å². The SMILES string of the molecule is CNC(Cc1cc(F)ccc1C)c1ccc(OC)nn1. The summed E-state index contributed by atoms with van der Waals surface area (Å²) in [6.07, 6.45) is 0.654. The zero-order valence-electron chi connectivity index (χ0n) is 11.9. The van der Waals surface area contributed by atoms with Crippen molar-refractivity contribution in [2.24, 2.45) is 0 Å². The molecule has 1 aromatic carbocycles. The molecule has 106 valence electrons. The molecule has 0 fully saturated rings. The van der Waals surface area contributed by atoms with Crippen LogP contribution in [0.2, 0.25) is 0 Å². The highest BCUT2D eigenvalue weighted by atomic mass is 19.1. The van der Waals surface area contributed by atoms with Gasteiger partial charge < -0.3 is 10.1 Å². The number of halogens is 1. The maximum Gasteiger partial charge on any atom is 0.233 e. The summed E-state index contributed by atoms with van der Waals surface area (Å²) in [4.78, 5) is 0. The Bertz CT molecular complexity index is 572. The fraction of sp³-hybridized carbons (Fsp3) is 0.333. The van der Waals surface area contributed by atoms with Crippen LogP contribution in [0.15, 0.2) is 30.3 Å². The molecule has 1 aromatic heterocycles. The Morgan fingerprint density at radius 3 is 2.65 bits per heavy atom. The van der Waals surface area contributed by atoms with Gasteiger partial charge in [0.2, 0.25) is 5.88 Å². The normalized spacial score (nSPS) is 12.2. The van der Waals surface area contributed by atoms with Gasteiger partial charge in [0.05, 0.1) is 18.8 Å². The molecular formula is C15H18FN3O. The highest BCUT2D eigenvalue weighted by Crippen LogP contribution is 2.20. The fourth-order valence-electron chi connectivity index (χ4n) is 2.06. The van der Waals surface area contributed by atoms with Crippen LogP contribution >= 0.6 is 0 Å². The van der Waals surface area contributed by atoms with Crippen molar-refractivity contribution in [1.82, 2.24) is 15.5 Å². The number of nitrogens with zero attached hydrogens (tertiary/aromatic N) is 2. The van der Waals surface area contributed by atoms with Crippen molar-refractivity contribution in [3.05, 3.63) is 53.0 Å². The zero-order valence-corrected chi connectivity index (χ0v) is 11.9. The van der Waals surface area contributed by atoms with E-state index in [0.29, 0.717) is 12.3 Å². The van der Waals surface area contributed by atoms with E-state index >= 15 is 0 Å². The number of hydrogen-bond acceptors (Lipinski definition) is 4. The molecule has 0 aliphatic heterocycles. The molecule has 0 saturated carbocycles. The van der Waals surface area contributed by atoms with E-state index in [1.54, 1.807) is 25.3 Å². The second kappa shape index (κ2) is 6.43. The van der Waals surface area contributed by atoms with Crippen LogP contribution in [0.4, 0.5) is 4.39 Å². The van der Waals surface area contributed by atoms with Crippen molar-refractivity contribution in [1.29, 1.82) is 0 Å². The molecule has 0 amide bonds. The zero-order chi connectivity index (χ0) is 14.5. The minimum atomic E-state index is -0.221. The monoisotopic (exact) mass is 275 g/mol. The van der Waals surface area contributed by atoms with Crippen molar-refractivity contribution in [3.8, 4) is 5.88 Å². The largest absolute Gasteiger partial charge is 0.480 e. The van der Waals surface area contributed by atoms with Crippen molar-refractivity contribution in [2.45, 2.75) is 19.4 Å². The predicted molar refractivity (Wildman–Crippen MR) is 75.2 cm³/mol. The third kappa shape index (κ3) is 3.30. The van der Waals surface area contributed by atoms with Crippen molar-refractivity contribution in [3.63, 3.8) is 0 Å². The van der Waals surface area contributed by atoms with Crippen LogP contribution < -0.4 is 10.1 Å². The summed E-state index contributed by atoms with van der Waals surface area (Å²) in [6.45, 7) is 1.97. The third-order valence-electron chi connectivity index (χ3n) is 3.31. The molecule has 1 unspecified atom stereocenters. The van der Waals surface area contributed by atoms with Gasteiger partial charge in [-0.1, -0.05) is 6.07 Å². The van der Waals surface area contributed by atoms with Crippen LogP contribution in [0.1, 0.15) is 22.9 Å². The Morgan fingerprint density at radius 2 is 2.05 bits per heavy atom. The molecule has 0 bridgehead atoms. The van der Waals surface area contributed by atoms with E-state index in [2.05, 4.69) is 15.5 Å². The molecule has 0 aliphatic carbocycles. The topological polar surface area (TPSA) is 47.0 Å². The number of hydrogen-bond donors (Lipinski definition) is 1. The van der Waals surface area contributed by atoms with Gasteiger partial charge in [0.25, 0.3) is 0 Å². The average Bonchev–Trinajstić information content (AvgIpc) is 2.48. The van der Waals surface area contributed by atoms with E-state index < -0.39 is 0 Å². The van der Waals surface area contributed by atoms with Gasteiger partial charge in [-0.3, -0.25) is 0 Å². The van der Waals surface area contributed by atoms with E-state index in [1.807, 2.05) is 20.0 Å². The first kappa shape index (κ1) is 14.4. The van der Waals surface area contributed by atoms with E-state index in [4.69, 9.17) is 4.74 Å². The number of nitrogens with one attached hydrogen (secondary N) is 1. The van der Waals surface area contributed by atoms with E-state index in [9.17, 15) is 4.39 Å². The summed E-state index contributed by atoms with van der Waals surface area (Å²) in [5.41, 5.74) is 2.83. The van der Waals surface area contributed by atoms with Crippen LogP contribution in [0.5, 0.6) is 5.88 Å². The summed E-state index contributed by atoms with van der Waals surface area (Å²) in [7, 11) is 3.40. The average molecular weight is 275 g/mol. The Kier molecular flexibility index (Phi) is 4.63. The highest BCUT2D eigenvalue weighted by molar-refractivity contribution is 5.28.